The van der Waals surface area contributed by atoms with Crippen LogP contribution in [0.1, 0.15) is 12.5 Å². The number of benzene rings is 7. The first-order valence-electron chi connectivity index (χ1n) is 16.8. The Labute approximate surface area is 285 Å². The van der Waals surface area contributed by atoms with Crippen molar-refractivity contribution in [3.8, 4) is 56.2 Å². The molecular weight excluding hydrogens is 597 g/mol. The molecule has 0 aliphatic heterocycles. The van der Waals surface area contributed by atoms with E-state index >= 15 is 0 Å². The quantitative estimate of drug-likeness (QED) is 0.184. The van der Waals surface area contributed by atoms with Gasteiger partial charge in [0.1, 0.15) is 11.2 Å². The number of nitrogens with zero attached hydrogens (tertiary/aromatic N) is 2. The number of fused-ring (bicyclic) bond motifs is 5. The third-order valence-corrected chi connectivity index (χ3v) is 9.48. The Morgan fingerprint density at radius 2 is 1.04 bits per heavy atom. The zero-order valence-electron chi connectivity index (χ0n) is 27.1. The standard InChI is InChI=1S/C46H32N2O/c1-2-35-43(31-18-8-4-9-19-31)47-46(32-20-10-5-11-21-32)48-44(35)38-26-15-27-41-42(38)40-29-39(36-24-12-13-25-37(36)45(40)49-41)34-23-14-22-33(28-34)30-16-6-3-7-17-30/h3-29H,2H2,1H3. The first kappa shape index (κ1) is 28.9. The highest BCUT2D eigenvalue weighted by Crippen LogP contribution is 2.44. The summed E-state index contributed by atoms with van der Waals surface area (Å²) in [7, 11) is 0. The topological polar surface area (TPSA) is 38.9 Å². The van der Waals surface area contributed by atoms with E-state index in [0.717, 1.165) is 72.8 Å². The van der Waals surface area contributed by atoms with Gasteiger partial charge in [-0.05, 0) is 52.3 Å². The predicted molar refractivity (Wildman–Crippen MR) is 203 cm³/mol. The summed E-state index contributed by atoms with van der Waals surface area (Å²) < 4.78 is 6.77. The monoisotopic (exact) mass is 628 g/mol. The summed E-state index contributed by atoms with van der Waals surface area (Å²) in [5.41, 5.74) is 12.6. The molecule has 0 bridgehead atoms. The maximum absolute atomic E-state index is 6.77. The lowest BCUT2D eigenvalue weighted by Gasteiger charge is -2.16. The van der Waals surface area contributed by atoms with E-state index in [0.29, 0.717) is 5.82 Å². The van der Waals surface area contributed by atoms with Crippen LogP contribution in [0.5, 0.6) is 0 Å². The van der Waals surface area contributed by atoms with Crippen molar-refractivity contribution in [3.05, 3.63) is 169 Å². The van der Waals surface area contributed by atoms with Gasteiger partial charge in [-0.25, -0.2) is 9.97 Å². The van der Waals surface area contributed by atoms with E-state index in [4.69, 9.17) is 14.4 Å². The van der Waals surface area contributed by atoms with E-state index in [1.807, 2.05) is 24.3 Å². The van der Waals surface area contributed by atoms with Gasteiger partial charge in [0.25, 0.3) is 0 Å². The molecule has 0 spiro atoms. The van der Waals surface area contributed by atoms with Gasteiger partial charge >= 0.3 is 0 Å². The molecule has 0 fully saturated rings. The largest absolute Gasteiger partial charge is 0.455 e. The molecule has 49 heavy (non-hydrogen) atoms. The van der Waals surface area contributed by atoms with Crippen molar-refractivity contribution in [2.45, 2.75) is 13.3 Å². The van der Waals surface area contributed by atoms with Crippen LogP contribution in [0.4, 0.5) is 0 Å². The van der Waals surface area contributed by atoms with E-state index < -0.39 is 0 Å². The Hall–Kier alpha value is -6.32. The molecule has 0 N–H and O–H groups in total. The average Bonchev–Trinajstić information content (AvgIpc) is 3.57. The van der Waals surface area contributed by atoms with Gasteiger partial charge in [0.05, 0.1) is 11.4 Å². The minimum Gasteiger partial charge on any atom is -0.455 e. The molecule has 0 unspecified atom stereocenters. The third-order valence-electron chi connectivity index (χ3n) is 9.48. The lowest BCUT2D eigenvalue weighted by molar-refractivity contribution is 0.673. The lowest BCUT2D eigenvalue weighted by atomic mass is 9.91. The number of hydrogen-bond donors (Lipinski definition) is 0. The highest BCUT2D eigenvalue weighted by Gasteiger charge is 2.22. The Kier molecular flexibility index (Phi) is 7.09. The molecule has 0 aliphatic rings. The van der Waals surface area contributed by atoms with Crippen LogP contribution in [-0.4, -0.2) is 9.97 Å². The van der Waals surface area contributed by atoms with Crippen LogP contribution in [0.2, 0.25) is 0 Å². The molecule has 0 radical (unpaired) electrons. The molecule has 0 aliphatic carbocycles. The first-order valence-corrected chi connectivity index (χ1v) is 16.8. The van der Waals surface area contributed by atoms with Gasteiger partial charge in [-0.3, -0.25) is 0 Å². The van der Waals surface area contributed by atoms with Crippen molar-refractivity contribution in [1.82, 2.24) is 9.97 Å². The predicted octanol–water partition coefficient (Wildman–Crippen LogP) is 12.4. The van der Waals surface area contributed by atoms with Gasteiger partial charge in [0, 0.05) is 38.4 Å². The zero-order valence-corrected chi connectivity index (χ0v) is 27.1. The van der Waals surface area contributed by atoms with Crippen molar-refractivity contribution in [3.63, 3.8) is 0 Å². The van der Waals surface area contributed by atoms with Gasteiger partial charge in [-0.15, -0.1) is 0 Å². The van der Waals surface area contributed by atoms with E-state index in [2.05, 4.69) is 146 Å². The summed E-state index contributed by atoms with van der Waals surface area (Å²) in [6.07, 6.45) is 0.779. The molecule has 7 aromatic carbocycles. The van der Waals surface area contributed by atoms with Crippen molar-refractivity contribution in [1.29, 1.82) is 0 Å². The summed E-state index contributed by atoms with van der Waals surface area (Å²) in [6, 6.07) is 57.4. The maximum Gasteiger partial charge on any atom is 0.160 e. The fourth-order valence-electron chi connectivity index (χ4n) is 7.17. The van der Waals surface area contributed by atoms with Crippen LogP contribution < -0.4 is 0 Å². The lowest BCUT2D eigenvalue weighted by Crippen LogP contribution is -2.03. The van der Waals surface area contributed by atoms with E-state index in [-0.39, 0.29) is 0 Å². The van der Waals surface area contributed by atoms with Crippen LogP contribution in [-0.2, 0) is 6.42 Å². The Bertz CT molecular complexity index is 2620. The highest BCUT2D eigenvalue weighted by molar-refractivity contribution is 6.22. The molecule has 2 heterocycles. The Balaban J connectivity index is 1.35. The van der Waals surface area contributed by atoms with Crippen molar-refractivity contribution in [2.75, 3.05) is 0 Å². The van der Waals surface area contributed by atoms with Gasteiger partial charge in [0.15, 0.2) is 5.82 Å². The van der Waals surface area contributed by atoms with Gasteiger partial charge in [-0.1, -0.05) is 153 Å². The number of hydrogen-bond acceptors (Lipinski definition) is 3. The molecule has 0 amide bonds. The molecule has 232 valence electrons. The average molecular weight is 629 g/mol. The Morgan fingerprint density at radius 1 is 0.449 bits per heavy atom. The van der Waals surface area contributed by atoms with Gasteiger partial charge < -0.3 is 4.42 Å². The smallest absolute Gasteiger partial charge is 0.160 e. The normalized spacial score (nSPS) is 11.4. The zero-order chi connectivity index (χ0) is 32.7. The fourth-order valence-corrected chi connectivity index (χ4v) is 7.17. The van der Waals surface area contributed by atoms with Crippen molar-refractivity contribution < 1.29 is 4.42 Å². The fraction of sp³-hybridized carbons (Fsp3) is 0.0435. The third kappa shape index (κ3) is 4.99. The van der Waals surface area contributed by atoms with E-state index in [1.165, 1.54) is 22.3 Å². The summed E-state index contributed by atoms with van der Waals surface area (Å²) in [5.74, 6) is 0.709. The molecule has 0 saturated carbocycles. The number of aromatic nitrogens is 2. The molecule has 3 nitrogen and oxygen atoms in total. The minimum absolute atomic E-state index is 0.709. The molecule has 2 aromatic heterocycles. The molecule has 0 atom stereocenters. The Morgan fingerprint density at radius 3 is 1.78 bits per heavy atom. The van der Waals surface area contributed by atoms with Crippen LogP contribution in [0, 0.1) is 0 Å². The minimum atomic E-state index is 0.709. The second-order valence-electron chi connectivity index (χ2n) is 12.4. The van der Waals surface area contributed by atoms with Crippen LogP contribution in [0.25, 0.3) is 88.9 Å². The van der Waals surface area contributed by atoms with E-state index in [9.17, 15) is 0 Å². The SMILES string of the molecule is CCc1c(-c2ccccc2)nc(-c2ccccc2)nc1-c1cccc2oc3c4ccccc4c(-c4cccc(-c5ccccc5)c4)cc3c12. The summed E-state index contributed by atoms with van der Waals surface area (Å²) >= 11 is 0. The molecule has 9 aromatic rings. The van der Waals surface area contributed by atoms with Gasteiger partial charge in [-0.2, -0.15) is 0 Å². The summed E-state index contributed by atoms with van der Waals surface area (Å²) in [4.78, 5) is 10.5. The summed E-state index contributed by atoms with van der Waals surface area (Å²) in [5, 5.41) is 4.40. The molecule has 3 heteroatoms. The molecular formula is C46H32N2O. The van der Waals surface area contributed by atoms with Crippen LogP contribution in [0.15, 0.2) is 168 Å². The van der Waals surface area contributed by atoms with E-state index in [1.54, 1.807) is 0 Å². The maximum atomic E-state index is 6.77. The van der Waals surface area contributed by atoms with Gasteiger partial charge in [0.2, 0.25) is 0 Å². The number of furan rings is 1. The summed E-state index contributed by atoms with van der Waals surface area (Å²) in [6.45, 7) is 2.19. The second-order valence-corrected chi connectivity index (χ2v) is 12.4. The second kappa shape index (κ2) is 12.0. The molecule has 9 rings (SSSR count). The van der Waals surface area contributed by atoms with Crippen molar-refractivity contribution in [2.24, 2.45) is 0 Å². The molecule has 0 saturated heterocycles. The highest BCUT2D eigenvalue weighted by atomic mass is 16.3. The number of rotatable bonds is 6. The first-order chi connectivity index (χ1) is 24.3. The van der Waals surface area contributed by atoms with Crippen LogP contribution >= 0.6 is 0 Å². The van der Waals surface area contributed by atoms with Crippen LogP contribution in [0.3, 0.4) is 0 Å². The van der Waals surface area contributed by atoms with Crippen molar-refractivity contribution >= 4 is 32.7 Å².